The van der Waals surface area contributed by atoms with Gasteiger partial charge in [0.25, 0.3) is 0 Å². The summed E-state index contributed by atoms with van der Waals surface area (Å²) in [6.07, 6.45) is 2.91. The number of nitrogens with zero attached hydrogens (tertiary/aromatic N) is 5. The average molecular weight is 420 g/mol. The van der Waals surface area contributed by atoms with Crippen molar-refractivity contribution in [3.63, 3.8) is 0 Å². The maximum Gasteiger partial charge on any atom is 0.225 e. The van der Waals surface area contributed by atoms with Gasteiger partial charge < -0.3 is 9.64 Å². The van der Waals surface area contributed by atoms with Crippen molar-refractivity contribution in [3.05, 3.63) is 71.4 Å². The Morgan fingerprint density at radius 1 is 1.13 bits per heavy atom. The van der Waals surface area contributed by atoms with E-state index in [1.165, 1.54) is 12.1 Å². The number of rotatable bonds is 4. The molecule has 2 aliphatic rings. The first-order valence-electron chi connectivity index (χ1n) is 10.6. The molecule has 2 aliphatic heterocycles. The fourth-order valence-corrected chi connectivity index (χ4v) is 4.58. The van der Waals surface area contributed by atoms with Crippen LogP contribution >= 0.6 is 0 Å². The van der Waals surface area contributed by atoms with Crippen molar-refractivity contribution in [2.75, 3.05) is 38.7 Å². The molecule has 4 heterocycles. The second-order valence-corrected chi connectivity index (χ2v) is 8.69. The Morgan fingerprint density at radius 2 is 1.97 bits per heavy atom. The van der Waals surface area contributed by atoms with Gasteiger partial charge in [-0.1, -0.05) is 6.07 Å². The molecule has 0 aliphatic carbocycles. The number of hydrogen-bond donors (Lipinski definition) is 0. The highest BCUT2D eigenvalue weighted by molar-refractivity contribution is 5.58. The van der Waals surface area contributed by atoms with E-state index in [1.807, 2.05) is 37.3 Å². The molecule has 0 amide bonds. The van der Waals surface area contributed by atoms with Gasteiger partial charge in [-0.05, 0) is 49.4 Å². The van der Waals surface area contributed by atoms with Gasteiger partial charge in [0, 0.05) is 44.5 Å². The predicted molar refractivity (Wildman–Crippen MR) is 117 cm³/mol. The lowest BCUT2D eigenvalue weighted by Gasteiger charge is -2.34. The number of aromatic nitrogens is 3. The number of halogens is 1. The molecule has 5 rings (SSSR count). The summed E-state index contributed by atoms with van der Waals surface area (Å²) in [7, 11) is 3.93. The summed E-state index contributed by atoms with van der Waals surface area (Å²) in [5, 5.41) is 0. The SMILES string of the molecule is CN(C)c1ncc2c(n1)C1(CCN(Cc3cccc(-c4ccc(F)cc4)n3)C1)COC2. The third-order valence-corrected chi connectivity index (χ3v) is 6.16. The molecule has 2 aromatic heterocycles. The molecule has 1 unspecified atom stereocenters. The quantitative estimate of drug-likeness (QED) is 0.646. The van der Waals surface area contributed by atoms with Gasteiger partial charge in [0.1, 0.15) is 5.82 Å². The molecule has 1 atom stereocenters. The van der Waals surface area contributed by atoms with E-state index in [9.17, 15) is 4.39 Å². The van der Waals surface area contributed by atoms with Gasteiger partial charge in [-0.2, -0.15) is 0 Å². The molecule has 0 saturated carbocycles. The highest BCUT2D eigenvalue weighted by Crippen LogP contribution is 2.39. The maximum absolute atomic E-state index is 13.3. The predicted octanol–water partition coefficient (Wildman–Crippen LogP) is 3.42. The Labute approximate surface area is 181 Å². The molecule has 7 heteroatoms. The third kappa shape index (κ3) is 3.91. The normalized spacial score (nSPS) is 20.7. The smallest absolute Gasteiger partial charge is 0.225 e. The van der Waals surface area contributed by atoms with Gasteiger partial charge >= 0.3 is 0 Å². The zero-order chi connectivity index (χ0) is 21.4. The lowest BCUT2D eigenvalue weighted by Crippen LogP contribution is -2.40. The van der Waals surface area contributed by atoms with Crippen molar-refractivity contribution in [2.45, 2.75) is 25.0 Å². The van der Waals surface area contributed by atoms with Crippen LogP contribution in [0.1, 0.15) is 23.4 Å². The molecule has 6 nitrogen and oxygen atoms in total. The van der Waals surface area contributed by atoms with E-state index in [-0.39, 0.29) is 11.2 Å². The Bertz CT molecular complexity index is 1090. The monoisotopic (exact) mass is 419 g/mol. The molecule has 31 heavy (non-hydrogen) atoms. The van der Waals surface area contributed by atoms with E-state index < -0.39 is 0 Å². The van der Waals surface area contributed by atoms with Crippen LogP contribution in [0.25, 0.3) is 11.3 Å². The highest BCUT2D eigenvalue weighted by Gasteiger charge is 2.45. The van der Waals surface area contributed by atoms with Crippen molar-refractivity contribution in [2.24, 2.45) is 0 Å². The zero-order valence-corrected chi connectivity index (χ0v) is 17.9. The summed E-state index contributed by atoms with van der Waals surface area (Å²) in [6.45, 7) is 3.87. The van der Waals surface area contributed by atoms with Crippen LogP contribution in [-0.2, 0) is 23.3 Å². The lowest BCUT2D eigenvalue weighted by molar-refractivity contribution is 0.0502. The largest absolute Gasteiger partial charge is 0.376 e. The number of hydrogen-bond acceptors (Lipinski definition) is 6. The van der Waals surface area contributed by atoms with E-state index in [1.54, 1.807) is 12.1 Å². The Hall–Kier alpha value is -2.90. The first kappa shape index (κ1) is 20.0. The molecule has 1 spiro atoms. The number of ether oxygens (including phenoxy) is 1. The van der Waals surface area contributed by atoms with E-state index in [0.717, 1.165) is 60.2 Å². The molecular formula is C24H26FN5O. The second-order valence-electron chi connectivity index (χ2n) is 8.69. The molecule has 1 saturated heterocycles. The number of fused-ring (bicyclic) bond motifs is 2. The van der Waals surface area contributed by atoms with Gasteiger partial charge in [-0.3, -0.25) is 9.88 Å². The van der Waals surface area contributed by atoms with Gasteiger partial charge in [0.2, 0.25) is 5.95 Å². The molecule has 0 radical (unpaired) electrons. The van der Waals surface area contributed by atoms with Crippen molar-refractivity contribution in [1.29, 1.82) is 0 Å². The van der Waals surface area contributed by atoms with Crippen LogP contribution in [0.2, 0.25) is 0 Å². The molecule has 160 valence electrons. The third-order valence-electron chi connectivity index (χ3n) is 6.16. The van der Waals surface area contributed by atoms with E-state index in [0.29, 0.717) is 13.2 Å². The molecular weight excluding hydrogens is 393 g/mol. The highest BCUT2D eigenvalue weighted by atomic mass is 19.1. The van der Waals surface area contributed by atoms with Crippen LogP contribution in [-0.4, -0.2) is 53.6 Å². The summed E-state index contributed by atoms with van der Waals surface area (Å²) >= 11 is 0. The lowest BCUT2D eigenvalue weighted by atomic mass is 9.80. The average Bonchev–Trinajstić information content (AvgIpc) is 3.17. The van der Waals surface area contributed by atoms with Crippen molar-refractivity contribution in [3.8, 4) is 11.3 Å². The van der Waals surface area contributed by atoms with Crippen LogP contribution in [0.15, 0.2) is 48.7 Å². The number of benzene rings is 1. The topological polar surface area (TPSA) is 54.4 Å². The number of pyridine rings is 1. The van der Waals surface area contributed by atoms with E-state index >= 15 is 0 Å². The molecule has 1 aromatic carbocycles. The number of likely N-dealkylation sites (tertiary alicyclic amines) is 1. The minimum atomic E-state index is -0.238. The first-order chi connectivity index (χ1) is 15.0. The van der Waals surface area contributed by atoms with Crippen LogP contribution in [0.4, 0.5) is 10.3 Å². The van der Waals surface area contributed by atoms with Crippen LogP contribution in [0.3, 0.4) is 0 Å². The summed E-state index contributed by atoms with van der Waals surface area (Å²) < 4.78 is 19.2. The van der Waals surface area contributed by atoms with Gasteiger partial charge in [0.05, 0.1) is 35.7 Å². The van der Waals surface area contributed by atoms with Crippen LogP contribution in [0, 0.1) is 5.82 Å². The number of anilines is 1. The van der Waals surface area contributed by atoms with Crippen molar-refractivity contribution >= 4 is 5.95 Å². The summed E-state index contributed by atoms with van der Waals surface area (Å²) in [4.78, 5) is 18.6. The fourth-order valence-electron chi connectivity index (χ4n) is 4.58. The van der Waals surface area contributed by atoms with E-state index in [4.69, 9.17) is 14.7 Å². The van der Waals surface area contributed by atoms with Crippen LogP contribution < -0.4 is 4.90 Å². The van der Waals surface area contributed by atoms with Crippen LogP contribution in [0.5, 0.6) is 0 Å². The van der Waals surface area contributed by atoms with Gasteiger partial charge in [-0.15, -0.1) is 0 Å². The maximum atomic E-state index is 13.3. The van der Waals surface area contributed by atoms with Crippen molar-refractivity contribution in [1.82, 2.24) is 19.9 Å². The second kappa shape index (κ2) is 7.98. The Kier molecular flexibility index (Phi) is 5.16. The Balaban J connectivity index is 1.36. The van der Waals surface area contributed by atoms with Crippen molar-refractivity contribution < 1.29 is 9.13 Å². The first-order valence-corrected chi connectivity index (χ1v) is 10.6. The molecule has 3 aromatic rings. The molecule has 0 N–H and O–H groups in total. The molecule has 0 bridgehead atoms. The van der Waals surface area contributed by atoms with Gasteiger partial charge in [0.15, 0.2) is 0 Å². The van der Waals surface area contributed by atoms with E-state index in [2.05, 4.69) is 16.0 Å². The summed E-state index contributed by atoms with van der Waals surface area (Å²) in [5.74, 6) is 0.505. The minimum absolute atomic E-state index is 0.101. The van der Waals surface area contributed by atoms with Gasteiger partial charge in [-0.25, -0.2) is 14.4 Å². The Morgan fingerprint density at radius 3 is 2.77 bits per heavy atom. The minimum Gasteiger partial charge on any atom is -0.376 e. The zero-order valence-electron chi connectivity index (χ0n) is 17.9. The molecule has 1 fully saturated rings. The summed E-state index contributed by atoms with van der Waals surface area (Å²) in [6, 6.07) is 12.5. The summed E-state index contributed by atoms with van der Waals surface area (Å²) in [5.41, 5.74) is 4.91. The standard InChI is InChI=1S/C24H26FN5O/c1-29(2)23-26-12-18-14-31-16-24(22(18)28-23)10-11-30(15-24)13-20-4-3-5-21(27-20)17-6-8-19(25)9-7-17/h3-9,12H,10-11,13-16H2,1-2H3. The fraction of sp³-hybridized carbons (Fsp3) is 0.375.